The molecule has 1 atom stereocenters. The summed E-state index contributed by atoms with van der Waals surface area (Å²) in [5, 5.41) is 18.6. The highest BCUT2D eigenvalue weighted by molar-refractivity contribution is 5.78. The number of benzene rings is 4. The number of hydrogen-bond donors (Lipinski definition) is 2. The summed E-state index contributed by atoms with van der Waals surface area (Å²) in [5.74, 6) is 0.632. The third-order valence-electron chi connectivity index (χ3n) is 5.25. The summed E-state index contributed by atoms with van der Waals surface area (Å²) >= 11 is 0. The minimum absolute atomic E-state index is 0.0382. The summed E-state index contributed by atoms with van der Waals surface area (Å²) in [6.45, 7) is 1.80. The van der Waals surface area contributed by atoms with Gasteiger partial charge >= 0.3 is 0 Å². The predicted molar refractivity (Wildman–Crippen MR) is 130 cm³/mol. The Morgan fingerprint density at radius 3 is 1.97 bits per heavy atom. The van der Waals surface area contributed by atoms with Crippen molar-refractivity contribution in [2.75, 3.05) is 18.1 Å². The molecular formula is C28H27NO3. The zero-order valence-corrected chi connectivity index (χ0v) is 18.1. The zero-order chi connectivity index (χ0) is 22.3. The Bertz CT molecular complexity index is 1130. The molecule has 0 saturated heterocycles. The van der Waals surface area contributed by atoms with E-state index in [0.29, 0.717) is 5.75 Å². The molecule has 162 valence electrons. The van der Waals surface area contributed by atoms with E-state index in [2.05, 4.69) is 72.5 Å². The standard InChI is InChI=1S/C28H27NO3/c1-21-10-12-22(13-11-21)23-14-16-25(17-15-23)29(24-6-3-2-4-7-24)26-8-5-9-28(18-26)32-20-27(31)19-30/h2-18,27,30-31H,19-20H2,1H3. The van der Waals surface area contributed by atoms with Crippen LogP contribution in [0.2, 0.25) is 0 Å². The molecule has 2 N–H and O–H groups in total. The van der Waals surface area contributed by atoms with Crippen LogP contribution >= 0.6 is 0 Å². The number of para-hydroxylation sites is 1. The predicted octanol–water partition coefficient (Wildman–Crippen LogP) is 5.86. The van der Waals surface area contributed by atoms with Gasteiger partial charge in [-0.05, 0) is 54.4 Å². The summed E-state index contributed by atoms with van der Waals surface area (Å²) in [5.41, 5.74) is 6.59. The van der Waals surface area contributed by atoms with Crippen LogP contribution in [0.15, 0.2) is 103 Å². The number of nitrogens with zero attached hydrogens (tertiary/aromatic N) is 1. The van der Waals surface area contributed by atoms with E-state index < -0.39 is 6.10 Å². The number of rotatable bonds is 8. The maximum atomic E-state index is 9.60. The summed E-state index contributed by atoms with van der Waals surface area (Å²) < 4.78 is 5.67. The normalized spacial score (nSPS) is 11.7. The van der Waals surface area contributed by atoms with E-state index >= 15 is 0 Å². The second kappa shape index (κ2) is 10.1. The van der Waals surface area contributed by atoms with E-state index in [1.54, 1.807) is 0 Å². The van der Waals surface area contributed by atoms with Crippen molar-refractivity contribution < 1.29 is 14.9 Å². The van der Waals surface area contributed by atoms with Crippen LogP contribution in [0.5, 0.6) is 5.75 Å². The van der Waals surface area contributed by atoms with Gasteiger partial charge in [-0.3, -0.25) is 0 Å². The summed E-state index contributed by atoms with van der Waals surface area (Å²) in [6, 6.07) is 34.9. The van der Waals surface area contributed by atoms with Gasteiger partial charge in [0.05, 0.1) is 6.61 Å². The van der Waals surface area contributed by atoms with Gasteiger partial charge in [-0.15, -0.1) is 0 Å². The highest BCUT2D eigenvalue weighted by atomic mass is 16.5. The van der Waals surface area contributed by atoms with E-state index in [9.17, 15) is 5.11 Å². The molecular weight excluding hydrogens is 398 g/mol. The van der Waals surface area contributed by atoms with Gasteiger partial charge in [0.25, 0.3) is 0 Å². The van der Waals surface area contributed by atoms with Crippen molar-refractivity contribution in [1.82, 2.24) is 0 Å². The lowest BCUT2D eigenvalue weighted by Crippen LogP contribution is -2.21. The molecule has 0 aliphatic carbocycles. The molecule has 0 aliphatic heterocycles. The van der Waals surface area contributed by atoms with E-state index in [4.69, 9.17) is 9.84 Å². The van der Waals surface area contributed by atoms with Crippen molar-refractivity contribution in [1.29, 1.82) is 0 Å². The first kappa shape index (κ1) is 21.6. The molecule has 4 aromatic carbocycles. The van der Waals surface area contributed by atoms with Gasteiger partial charge in [-0.1, -0.05) is 66.2 Å². The van der Waals surface area contributed by atoms with Gasteiger partial charge in [-0.25, -0.2) is 0 Å². The van der Waals surface area contributed by atoms with Crippen LogP contribution in [-0.2, 0) is 0 Å². The average Bonchev–Trinajstić information content (AvgIpc) is 2.85. The van der Waals surface area contributed by atoms with Gasteiger partial charge < -0.3 is 19.8 Å². The molecule has 4 rings (SSSR count). The highest BCUT2D eigenvalue weighted by Crippen LogP contribution is 2.36. The average molecular weight is 426 g/mol. The Morgan fingerprint density at radius 1 is 0.719 bits per heavy atom. The maximum Gasteiger partial charge on any atom is 0.121 e. The third-order valence-corrected chi connectivity index (χ3v) is 5.25. The minimum atomic E-state index is -0.904. The summed E-state index contributed by atoms with van der Waals surface area (Å²) in [6.07, 6.45) is -0.904. The molecule has 0 saturated carbocycles. The molecule has 0 aliphatic rings. The molecule has 0 aromatic heterocycles. The van der Waals surface area contributed by atoms with E-state index in [-0.39, 0.29) is 13.2 Å². The van der Waals surface area contributed by atoms with Gasteiger partial charge in [0, 0.05) is 23.1 Å². The van der Waals surface area contributed by atoms with E-state index in [1.165, 1.54) is 11.1 Å². The van der Waals surface area contributed by atoms with Crippen LogP contribution in [-0.4, -0.2) is 29.5 Å². The summed E-state index contributed by atoms with van der Waals surface area (Å²) in [4.78, 5) is 2.16. The first-order valence-corrected chi connectivity index (χ1v) is 10.7. The molecule has 0 bridgehead atoms. The Balaban J connectivity index is 1.67. The molecule has 0 radical (unpaired) electrons. The second-order valence-electron chi connectivity index (χ2n) is 7.73. The van der Waals surface area contributed by atoms with Crippen molar-refractivity contribution in [2.45, 2.75) is 13.0 Å². The number of aryl methyl sites for hydroxylation is 1. The Labute approximate surface area is 189 Å². The molecule has 0 amide bonds. The van der Waals surface area contributed by atoms with E-state index in [1.807, 2.05) is 42.5 Å². The van der Waals surface area contributed by atoms with Crippen LogP contribution < -0.4 is 9.64 Å². The van der Waals surface area contributed by atoms with Crippen molar-refractivity contribution in [2.24, 2.45) is 0 Å². The quantitative estimate of drug-likeness (QED) is 0.371. The number of anilines is 3. The highest BCUT2D eigenvalue weighted by Gasteiger charge is 2.14. The first-order chi connectivity index (χ1) is 15.6. The smallest absolute Gasteiger partial charge is 0.121 e. The number of aliphatic hydroxyl groups excluding tert-OH is 2. The van der Waals surface area contributed by atoms with Crippen LogP contribution in [0.25, 0.3) is 11.1 Å². The molecule has 4 heteroatoms. The molecule has 4 nitrogen and oxygen atoms in total. The first-order valence-electron chi connectivity index (χ1n) is 10.7. The van der Waals surface area contributed by atoms with Gasteiger partial charge in [0.2, 0.25) is 0 Å². The Morgan fingerprint density at radius 2 is 1.31 bits per heavy atom. The van der Waals surface area contributed by atoms with Crippen LogP contribution in [0.3, 0.4) is 0 Å². The molecule has 1 unspecified atom stereocenters. The largest absolute Gasteiger partial charge is 0.491 e. The lowest BCUT2D eigenvalue weighted by atomic mass is 10.0. The third kappa shape index (κ3) is 5.17. The van der Waals surface area contributed by atoms with Crippen LogP contribution in [0.1, 0.15) is 5.56 Å². The van der Waals surface area contributed by atoms with Crippen molar-refractivity contribution in [3.63, 3.8) is 0 Å². The maximum absolute atomic E-state index is 9.60. The SMILES string of the molecule is Cc1ccc(-c2ccc(N(c3ccccc3)c3cccc(OCC(O)CO)c3)cc2)cc1. The molecule has 4 aromatic rings. The van der Waals surface area contributed by atoms with Gasteiger partial charge in [0.15, 0.2) is 0 Å². The fourth-order valence-corrected chi connectivity index (χ4v) is 3.53. The Kier molecular flexibility index (Phi) is 6.85. The number of hydrogen-bond acceptors (Lipinski definition) is 4. The number of ether oxygens (including phenoxy) is 1. The van der Waals surface area contributed by atoms with Crippen LogP contribution in [0.4, 0.5) is 17.1 Å². The van der Waals surface area contributed by atoms with Crippen LogP contribution in [0, 0.1) is 6.92 Å². The topological polar surface area (TPSA) is 52.9 Å². The minimum Gasteiger partial charge on any atom is -0.491 e. The Hall–Kier alpha value is -3.60. The molecule has 32 heavy (non-hydrogen) atoms. The molecule has 0 fully saturated rings. The molecule has 0 spiro atoms. The molecule has 0 heterocycles. The zero-order valence-electron chi connectivity index (χ0n) is 18.1. The van der Waals surface area contributed by atoms with Gasteiger partial charge in [-0.2, -0.15) is 0 Å². The fraction of sp³-hybridized carbons (Fsp3) is 0.143. The van der Waals surface area contributed by atoms with Crippen molar-refractivity contribution >= 4 is 17.1 Å². The van der Waals surface area contributed by atoms with Crippen molar-refractivity contribution in [3.8, 4) is 16.9 Å². The number of aliphatic hydroxyl groups is 2. The summed E-state index contributed by atoms with van der Waals surface area (Å²) in [7, 11) is 0. The monoisotopic (exact) mass is 425 g/mol. The fourth-order valence-electron chi connectivity index (χ4n) is 3.53. The lowest BCUT2D eigenvalue weighted by Gasteiger charge is -2.26. The van der Waals surface area contributed by atoms with E-state index in [0.717, 1.165) is 22.6 Å². The van der Waals surface area contributed by atoms with Crippen molar-refractivity contribution in [3.05, 3.63) is 109 Å². The second-order valence-corrected chi connectivity index (χ2v) is 7.73. The lowest BCUT2D eigenvalue weighted by molar-refractivity contribution is 0.0536. The van der Waals surface area contributed by atoms with Gasteiger partial charge in [0.1, 0.15) is 18.5 Å².